The zero-order valence-corrected chi connectivity index (χ0v) is 20.4. The predicted octanol–water partition coefficient (Wildman–Crippen LogP) is 6.48. The number of rotatable bonds is 8. The first-order valence-corrected chi connectivity index (χ1v) is 12.3. The molecule has 0 saturated carbocycles. The second kappa shape index (κ2) is 10.1. The molecule has 1 amide bonds. The van der Waals surface area contributed by atoms with Gasteiger partial charge in [-0.2, -0.15) is 0 Å². The molecule has 2 N–H and O–H groups in total. The van der Waals surface area contributed by atoms with Crippen molar-refractivity contribution in [3.63, 3.8) is 0 Å². The lowest BCUT2D eigenvalue weighted by Gasteiger charge is -2.22. The third-order valence-corrected chi connectivity index (χ3v) is 7.14. The number of hydrogen-bond donors (Lipinski definition) is 2. The van der Waals surface area contributed by atoms with Gasteiger partial charge in [0.05, 0.1) is 19.1 Å². The number of amides is 1. The van der Waals surface area contributed by atoms with Crippen molar-refractivity contribution in [3.8, 4) is 22.6 Å². The van der Waals surface area contributed by atoms with Crippen LogP contribution in [0.2, 0.25) is 0 Å². The summed E-state index contributed by atoms with van der Waals surface area (Å²) < 4.78 is 11.3. The highest BCUT2D eigenvalue weighted by atomic mass is 32.1. The average molecular weight is 483 g/mol. The van der Waals surface area contributed by atoms with Crippen LogP contribution in [0.3, 0.4) is 0 Å². The smallest absolute Gasteiger partial charge is 0.262 e. The average Bonchev–Trinajstić information content (AvgIpc) is 3.57. The number of aromatic amines is 1. The van der Waals surface area contributed by atoms with E-state index in [1.807, 2.05) is 78.3 Å². The summed E-state index contributed by atoms with van der Waals surface area (Å²) in [5.74, 6) is 1.08. The largest absolute Gasteiger partial charge is 0.493 e. The van der Waals surface area contributed by atoms with E-state index in [1.165, 1.54) is 11.3 Å². The Morgan fingerprint density at radius 3 is 2.51 bits per heavy atom. The van der Waals surface area contributed by atoms with Gasteiger partial charge in [0, 0.05) is 40.7 Å². The number of carbonyl (C=O) groups is 1. The Labute approximate surface area is 208 Å². The van der Waals surface area contributed by atoms with E-state index in [-0.39, 0.29) is 11.8 Å². The maximum Gasteiger partial charge on any atom is 0.262 e. The zero-order valence-electron chi connectivity index (χ0n) is 19.6. The van der Waals surface area contributed by atoms with Crippen LogP contribution in [-0.2, 0) is 0 Å². The maximum atomic E-state index is 13.4. The third-order valence-electron chi connectivity index (χ3n) is 6.23. The molecule has 1 unspecified atom stereocenters. The molecule has 176 valence electrons. The van der Waals surface area contributed by atoms with E-state index in [1.54, 1.807) is 14.2 Å². The van der Waals surface area contributed by atoms with Gasteiger partial charge in [-0.15, -0.1) is 11.3 Å². The Kier molecular flexibility index (Phi) is 6.55. The molecule has 0 radical (unpaired) electrons. The zero-order chi connectivity index (χ0) is 24.2. The highest BCUT2D eigenvalue weighted by Gasteiger charge is 2.25. The van der Waals surface area contributed by atoms with Crippen molar-refractivity contribution in [2.24, 2.45) is 0 Å². The summed E-state index contributed by atoms with van der Waals surface area (Å²) in [6.07, 6.45) is 2.01. The van der Waals surface area contributed by atoms with E-state index in [9.17, 15) is 4.79 Å². The first kappa shape index (κ1) is 22.7. The Morgan fingerprint density at radius 1 is 0.914 bits per heavy atom. The number of H-pyrrole nitrogens is 1. The van der Waals surface area contributed by atoms with Gasteiger partial charge in [-0.3, -0.25) is 4.79 Å². The molecule has 0 aliphatic carbocycles. The quantitative estimate of drug-likeness (QED) is 0.266. The SMILES string of the molecule is COc1cccc(C(CNC(=O)c2sccc2-c2ccccc2)c2c[nH]c3ccccc23)c1OC. The molecular weight excluding hydrogens is 456 g/mol. The van der Waals surface area contributed by atoms with Gasteiger partial charge < -0.3 is 19.8 Å². The number of ether oxygens (including phenoxy) is 2. The summed E-state index contributed by atoms with van der Waals surface area (Å²) in [5.41, 5.74) is 5.05. The van der Waals surface area contributed by atoms with Crippen LogP contribution in [0.1, 0.15) is 26.7 Å². The van der Waals surface area contributed by atoms with Crippen LogP contribution in [0, 0.1) is 0 Å². The molecule has 0 aliphatic heterocycles. The summed E-state index contributed by atoms with van der Waals surface area (Å²) in [6.45, 7) is 0.399. The van der Waals surface area contributed by atoms with Gasteiger partial charge in [-0.1, -0.05) is 60.7 Å². The Balaban J connectivity index is 1.51. The van der Waals surface area contributed by atoms with Crippen LogP contribution in [-0.4, -0.2) is 31.7 Å². The van der Waals surface area contributed by atoms with Crippen molar-refractivity contribution in [2.45, 2.75) is 5.92 Å². The summed E-state index contributed by atoms with van der Waals surface area (Å²) in [5, 5.41) is 6.26. The first-order valence-electron chi connectivity index (χ1n) is 11.4. The van der Waals surface area contributed by atoms with Crippen molar-refractivity contribution in [2.75, 3.05) is 20.8 Å². The topological polar surface area (TPSA) is 63.3 Å². The molecule has 6 heteroatoms. The van der Waals surface area contributed by atoms with Crippen molar-refractivity contribution < 1.29 is 14.3 Å². The van der Waals surface area contributed by atoms with Gasteiger partial charge in [0.1, 0.15) is 0 Å². The number of aromatic nitrogens is 1. The van der Waals surface area contributed by atoms with Gasteiger partial charge >= 0.3 is 0 Å². The summed E-state index contributed by atoms with van der Waals surface area (Å²) in [6, 6.07) is 26.0. The number of carbonyl (C=O) groups excluding carboxylic acids is 1. The Hall–Kier alpha value is -4.03. The number of benzene rings is 3. The lowest BCUT2D eigenvalue weighted by molar-refractivity contribution is 0.0957. The highest BCUT2D eigenvalue weighted by molar-refractivity contribution is 7.12. The fourth-order valence-electron chi connectivity index (χ4n) is 4.56. The van der Waals surface area contributed by atoms with Crippen molar-refractivity contribution in [3.05, 3.63) is 106 Å². The van der Waals surface area contributed by atoms with Crippen LogP contribution < -0.4 is 14.8 Å². The van der Waals surface area contributed by atoms with Gasteiger partial charge in [-0.05, 0) is 34.7 Å². The fraction of sp³-hybridized carbons (Fsp3) is 0.138. The molecular formula is C29H26N2O3S. The molecule has 0 bridgehead atoms. The molecule has 0 saturated heterocycles. The summed E-state index contributed by atoms with van der Waals surface area (Å²) in [7, 11) is 3.27. The standard InChI is InChI=1S/C29H26N2O3S/c1-33-26-14-8-12-22(27(26)34-2)24(23-17-30-25-13-7-6-11-21(23)25)18-31-29(32)28-20(15-16-35-28)19-9-4-3-5-10-19/h3-17,24,30H,18H2,1-2H3,(H,31,32). The predicted molar refractivity (Wildman–Crippen MR) is 142 cm³/mol. The Morgan fingerprint density at radius 2 is 1.71 bits per heavy atom. The minimum atomic E-state index is -0.153. The van der Waals surface area contributed by atoms with E-state index in [0.717, 1.165) is 33.2 Å². The minimum absolute atomic E-state index is 0.0921. The lowest BCUT2D eigenvalue weighted by Crippen LogP contribution is -2.29. The van der Waals surface area contributed by atoms with Gasteiger partial charge in [0.15, 0.2) is 11.5 Å². The van der Waals surface area contributed by atoms with Crippen molar-refractivity contribution >= 4 is 28.1 Å². The fourth-order valence-corrected chi connectivity index (χ4v) is 5.39. The summed E-state index contributed by atoms with van der Waals surface area (Å²) >= 11 is 1.45. The number of methoxy groups -OCH3 is 2. The molecule has 1 atom stereocenters. The van der Waals surface area contributed by atoms with Crippen LogP contribution in [0.4, 0.5) is 0 Å². The first-order chi connectivity index (χ1) is 17.2. The van der Waals surface area contributed by atoms with Gasteiger partial charge in [0.2, 0.25) is 0 Å². The van der Waals surface area contributed by atoms with Gasteiger partial charge in [0.25, 0.3) is 5.91 Å². The Bertz CT molecular complexity index is 1460. The number of fused-ring (bicyclic) bond motifs is 1. The van der Waals surface area contributed by atoms with Gasteiger partial charge in [-0.25, -0.2) is 0 Å². The summed E-state index contributed by atoms with van der Waals surface area (Å²) in [4.78, 5) is 17.5. The van der Waals surface area contributed by atoms with E-state index < -0.39 is 0 Å². The van der Waals surface area contributed by atoms with Crippen LogP contribution in [0.15, 0.2) is 90.4 Å². The lowest BCUT2D eigenvalue weighted by atomic mass is 9.89. The monoisotopic (exact) mass is 482 g/mol. The molecule has 2 aromatic heterocycles. The normalized spacial score (nSPS) is 11.8. The van der Waals surface area contributed by atoms with Crippen LogP contribution >= 0.6 is 11.3 Å². The molecule has 2 heterocycles. The molecule has 35 heavy (non-hydrogen) atoms. The molecule has 0 spiro atoms. The third kappa shape index (κ3) is 4.40. The number of para-hydroxylation sites is 2. The van der Waals surface area contributed by atoms with Crippen molar-refractivity contribution in [1.29, 1.82) is 0 Å². The highest BCUT2D eigenvalue weighted by Crippen LogP contribution is 2.40. The van der Waals surface area contributed by atoms with E-state index in [4.69, 9.17) is 9.47 Å². The van der Waals surface area contributed by atoms with E-state index in [2.05, 4.69) is 22.4 Å². The van der Waals surface area contributed by atoms with Crippen molar-refractivity contribution in [1.82, 2.24) is 10.3 Å². The van der Waals surface area contributed by atoms with Crippen LogP contribution in [0.5, 0.6) is 11.5 Å². The molecule has 5 aromatic rings. The molecule has 0 aliphatic rings. The molecule has 0 fully saturated rings. The second-order valence-electron chi connectivity index (χ2n) is 8.16. The molecule has 3 aromatic carbocycles. The number of hydrogen-bond acceptors (Lipinski definition) is 4. The molecule has 5 nitrogen and oxygen atoms in total. The maximum absolute atomic E-state index is 13.4. The number of nitrogens with one attached hydrogen (secondary N) is 2. The van der Waals surface area contributed by atoms with Crippen LogP contribution in [0.25, 0.3) is 22.0 Å². The minimum Gasteiger partial charge on any atom is -0.493 e. The van der Waals surface area contributed by atoms with E-state index in [0.29, 0.717) is 22.9 Å². The van der Waals surface area contributed by atoms with E-state index >= 15 is 0 Å². The number of thiophene rings is 1. The second-order valence-corrected chi connectivity index (χ2v) is 9.08. The molecule has 5 rings (SSSR count).